The third-order valence-corrected chi connectivity index (χ3v) is 7.53. The Labute approximate surface area is 187 Å². The number of nitrogens with one attached hydrogen (secondary N) is 1. The largest absolute Gasteiger partial charge is 0.484 e. The highest BCUT2D eigenvalue weighted by Gasteiger charge is 2.34. The number of thiazole rings is 1. The van der Waals surface area contributed by atoms with E-state index in [2.05, 4.69) is 10.3 Å². The molecule has 9 heteroatoms. The Hall–Kier alpha value is -2.36. The Bertz CT molecular complexity index is 1020. The number of carbonyl (C=O) groups is 2. The van der Waals surface area contributed by atoms with Crippen LogP contribution in [0.1, 0.15) is 11.3 Å². The number of hydrogen-bond donors (Lipinski definition) is 1. The minimum Gasteiger partial charge on any atom is -0.484 e. The highest BCUT2D eigenvalue weighted by molar-refractivity contribution is 7.99. The molecule has 1 aliphatic rings. The zero-order valence-corrected chi connectivity index (χ0v) is 18.8. The second-order valence-electron chi connectivity index (χ2n) is 6.82. The van der Waals surface area contributed by atoms with Gasteiger partial charge < -0.3 is 15.0 Å². The molecule has 1 N–H and O–H groups in total. The first-order valence-electron chi connectivity index (χ1n) is 9.43. The lowest BCUT2D eigenvalue weighted by atomic mass is 10.2. The standard InChI is InChI=1S/C21H21N3O3S3/c1-14-4-2-5-16(8-14)27-10-19(25)24-13-28-12-17(24)20(26)22-9-15-11-30-21(23-15)18-6-3-7-29-18/h2-8,11,17H,9-10,12-13H2,1H3,(H,22,26)/t17-/m1/s1. The Morgan fingerprint density at radius 1 is 1.27 bits per heavy atom. The van der Waals surface area contributed by atoms with Crippen LogP contribution < -0.4 is 10.1 Å². The predicted octanol–water partition coefficient (Wildman–Crippen LogP) is 3.78. The number of aromatic nitrogens is 1. The molecule has 1 fully saturated rings. The van der Waals surface area contributed by atoms with Crippen molar-refractivity contribution < 1.29 is 14.3 Å². The van der Waals surface area contributed by atoms with E-state index in [-0.39, 0.29) is 18.4 Å². The molecule has 1 atom stereocenters. The van der Waals surface area contributed by atoms with Crippen LogP contribution in [-0.2, 0) is 16.1 Å². The Morgan fingerprint density at radius 2 is 2.17 bits per heavy atom. The van der Waals surface area contributed by atoms with Gasteiger partial charge in [0, 0.05) is 11.1 Å². The summed E-state index contributed by atoms with van der Waals surface area (Å²) in [7, 11) is 0. The molecule has 6 nitrogen and oxygen atoms in total. The van der Waals surface area contributed by atoms with Gasteiger partial charge in [-0.1, -0.05) is 18.2 Å². The summed E-state index contributed by atoms with van der Waals surface area (Å²) >= 11 is 4.78. The maximum atomic E-state index is 12.7. The summed E-state index contributed by atoms with van der Waals surface area (Å²) in [5.74, 6) is 1.39. The van der Waals surface area contributed by atoms with Crippen LogP contribution in [0.25, 0.3) is 9.88 Å². The van der Waals surface area contributed by atoms with Gasteiger partial charge in [-0.3, -0.25) is 9.59 Å². The molecule has 4 rings (SSSR count). The fourth-order valence-electron chi connectivity index (χ4n) is 3.04. The van der Waals surface area contributed by atoms with E-state index < -0.39 is 6.04 Å². The second kappa shape index (κ2) is 9.63. The molecule has 1 aliphatic heterocycles. The number of amides is 2. The van der Waals surface area contributed by atoms with Crippen LogP contribution in [0.5, 0.6) is 5.75 Å². The van der Waals surface area contributed by atoms with Gasteiger partial charge in [0.25, 0.3) is 5.91 Å². The first-order chi connectivity index (χ1) is 14.6. The normalized spacial score (nSPS) is 15.9. The van der Waals surface area contributed by atoms with Gasteiger partial charge in [-0.2, -0.15) is 0 Å². The molecule has 2 aromatic heterocycles. The highest BCUT2D eigenvalue weighted by Crippen LogP contribution is 2.28. The van der Waals surface area contributed by atoms with Gasteiger partial charge in [0.1, 0.15) is 16.8 Å². The lowest BCUT2D eigenvalue weighted by molar-refractivity contribution is -0.139. The smallest absolute Gasteiger partial charge is 0.261 e. The van der Waals surface area contributed by atoms with Crippen molar-refractivity contribution in [2.45, 2.75) is 19.5 Å². The van der Waals surface area contributed by atoms with E-state index in [1.165, 1.54) is 0 Å². The van der Waals surface area contributed by atoms with Gasteiger partial charge in [-0.25, -0.2) is 4.98 Å². The lowest BCUT2D eigenvalue weighted by Gasteiger charge is -2.23. The first kappa shape index (κ1) is 20.9. The van der Waals surface area contributed by atoms with Crippen molar-refractivity contribution in [2.24, 2.45) is 0 Å². The molecule has 1 aromatic carbocycles. The number of benzene rings is 1. The van der Waals surface area contributed by atoms with Gasteiger partial charge in [0.2, 0.25) is 5.91 Å². The van der Waals surface area contributed by atoms with Crippen molar-refractivity contribution in [3.05, 3.63) is 58.4 Å². The van der Waals surface area contributed by atoms with Crippen LogP contribution in [0.15, 0.2) is 47.2 Å². The summed E-state index contributed by atoms with van der Waals surface area (Å²) in [6, 6.07) is 11.1. The van der Waals surface area contributed by atoms with E-state index >= 15 is 0 Å². The molecule has 3 aromatic rings. The number of thiophene rings is 1. The fourth-order valence-corrected chi connectivity index (χ4v) is 5.85. The number of carbonyl (C=O) groups excluding carboxylic acids is 2. The molecule has 30 heavy (non-hydrogen) atoms. The van der Waals surface area contributed by atoms with Crippen molar-refractivity contribution in [2.75, 3.05) is 18.2 Å². The summed E-state index contributed by atoms with van der Waals surface area (Å²) in [6.45, 7) is 2.24. The average Bonchev–Trinajstić information content (AvgIpc) is 3.51. The molecule has 0 radical (unpaired) electrons. The van der Waals surface area contributed by atoms with E-state index in [0.29, 0.717) is 23.9 Å². The molecule has 0 saturated carbocycles. The molecular weight excluding hydrogens is 438 g/mol. The monoisotopic (exact) mass is 459 g/mol. The number of thioether (sulfide) groups is 1. The van der Waals surface area contributed by atoms with E-state index in [9.17, 15) is 9.59 Å². The molecule has 3 heterocycles. The van der Waals surface area contributed by atoms with Crippen LogP contribution in [-0.4, -0.2) is 46.0 Å². The number of nitrogens with zero attached hydrogens (tertiary/aromatic N) is 2. The fraction of sp³-hybridized carbons (Fsp3) is 0.286. The molecule has 156 valence electrons. The molecule has 2 amide bonds. The summed E-state index contributed by atoms with van der Waals surface area (Å²) in [5.41, 5.74) is 1.89. The van der Waals surface area contributed by atoms with Gasteiger partial charge >= 0.3 is 0 Å². The molecule has 0 aliphatic carbocycles. The summed E-state index contributed by atoms with van der Waals surface area (Å²) < 4.78 is 5.62. The van der Waals surface area contributed by atoms with E-state index in [1.807, 2.05) is 54.1 Å². The van der Waals surface area contributed by atoms with Crippen molar-refractivity contribution in [3.63, 3.8) is 0 Å². The van der Waals surface area contributed by atoms with Crippen molar-refractivity contribution >= 4 is 46.2 Å². The van der Waals surface area contributed by atoms with Gasteiger partial charge in [0.05, 0.1) is 23.0 Å². The predicted molar refractivity (Wildman–Crippen MR) is 122 cm³/mol. The van der Waals surface area contributed by atoms with Crippen LogP contribution in [0.4, 0.5) is 0 Å². The van der Waals surface area contributed by atoms with E-state index in [0.717, 1.165) is 21.1 Å². The second-order valence-corrected chi connectivity index (χ2v) is 9.63. The number of aryl methyl sites for hydroxylation is 1. The maximum absolute atomic E-state index is 12.7. The quantitative estimate of drug-likeness (QED) is 0.582. The van der Waals surface area contributed by atoms with Gasteiger partial charge in [-0.05, 0) is 36.1 Å². The minimum absolute atomic E-state index is 0.0793. The average molecular weight is 460 g/mol. The summed E-state index contributed by atoms with van der Waals surface area (Å²) in [6.07, 6.45) is 0. The Balaban J connectivity index is 1.30. The highest BCUT2D eigenvalue weighted by atomic mass is 32.2. The third kappa shape index (κ3) is 5.03. The van der Waals surface area contributed by atoms with E-state index in [1.54, 1.807) is 39.3 Å². The number of rotatable bonds is 7. The zero-order valence-electron chi connectivity index (χ0n) is 16.4. The molecule has 0 bridgehead atoms. The van der Waals surface area contributed by atoms with Crippen LogP contribution in [0, 0.1) is 6.92 Å². The zero-order chi connectivity index (χ0) is 20.9. The maximum Gasteiger partial charge on any atom is 0.261 e. The molecule has 0 unspecified atom stereocenters. The van der Waals surface area contributed by atoms with Crippen molar-refractivity contribution in [1.29, 1.82) is 0 Å². The minimum atomic E-state index is -0.487. The number of hydrogen-bond acceptors (Lipinski definition) is 7. The molecule has 0 spiro atoms. The Morgan fingerprint density at radius 3 is 2.97 bits per heavy atom. The van der Waals surface area contributed by atoms with Crippen LogP contribution in [0.3, 0.4) is 0 Å². The molecule has 1 saturated heterocycles. The summed E-state index contributed by atoms with van der Waals surface area (Å²) in [4.78, 5) is 32.6. The SMILES string of the molecule is Cc1cccc(OCC(=O)N2CSC[C@@H]2C(=O)NCc2csc(-c3cccs3)n2)c1. The third-order valence-electron chi connectivity index (χ3n) is 4.58. The van der Waals surface area contributed by atoms with Gasteiger partial charge in [0.15, 0.2) is 6.61 Å². The molecular formula is C21H21N3O3S3. The lowest BCUT2D eigenvalue weighted by Crippen LogP contribution is -2.48. The van der Waals surface area contributed by atoms with Crippen LogP contribution >= 0.6 is 34.4 Å². The summed E-state index contributed by atoms with van der Waals surface area (Å²) in [5, 5.41) is 7.85. The van der Waals surface area contributed by atoms with Gasteiger partial charge in [-0.15, -0.1) is 34.4 Å². The topological polar surface area (TPSA) is 71.5 Å². The Kier molecular flexibility index (Phi) is 6.71. The van der Waals surface area contributed by atoms with Crippen molar-refractivity contribution in [3.8, 4) is 15.6 Å². The van der Waals surface area contributed by atoms with Crippen molar-refractivity contribution in [1.82, 2.24) is 15.2 Å². The van der Waals surface area contributed by atoms with E-state index in [4.69, 9.17) is 4.74 Å². The number of ether oxygens (including phenoxy) is 1. The first-order valence-corrected chi connectivity index (χ1v) is 12.3. The van der Waals surface area contributed by atoms with Crippen LogP contribution in [0.2, 0.25) is 0 Å².